The quantitative estimate of drug-likeness (QED) is 0.741. The average Bonchev–Trinajstić information content (AvgIpc) is 2.99. The van der Waals surface area contributed by atoms with Gasteiger partial charge in [0.2, 0.25) is 0 Å². The van der Waals surface area contributed by atoms with Crippen molar-refractivity contribution in [2.45, 2.75) is 20.8 Å². The number of hydrogen-bond donors (Lipinski definition) is 2. The van der Waals surface area contributed by atoms with Crippen molar-refractivity contribution in [2.75, 3.05) is 5.73 Å². The lowest BCUT2D eigenvalue weighted by molar-refractivity contribution is 0.578. The second-order valence-electron chi connectivity index (χ2n) is 5.09. The van der Waals surface area contributed by atoms with E-state index in [0.717, 1.165) is 28.1 Å². The maximum absolute atomic E-state index is 6.03. The summed E-state index contributed by atoms with van der Waals surface area (Å²) in [5.41, 5.74) is 12.3. The van der Waals surface area contributed by atoms with Gasteiger partial charge in [-0.05, 0) is 49.1 Å². The average molecular weight is 267 g/mol. The predicted octanol–water partition coefficient (Wildman–Crippen LogP) is 3.84. The molecule has 0 bridgehead atoms. The maximum Gasteiger partial charge on any atom is 0.155 e. The van der Waals surface area contributed by atoms with Crippen LogP contribution in [0.1, 0.15) is 16.7 Å². The summed E-state index contributed by atoms with van der Waals surface area (Å²) in [5, 5.41) is 7.12. The number of hydrogen-bond acceptors (Lipinski definition) is 3. The molecule has 0 radical (unpaired) electrons. The molecule has 0 spiro atoms. The Morgan fingerprint density at radius 3 is 2.50 bits per heavy atom. The van der Waals surface area contributed by atoms with Crippen LogP contribution in [-0.2, 0) is 0 Å². The van der Waals surface area contributed by atoms with Gasteiger partial charge in [-0.3, -0.25) is 5.10 Å². The Balaban J connectivity index is 2.21. The molecule has 3 aromatic rings. The predicted molar refractivity (Wildman–Crippen MR) is 80.3 cm³/mol. The number of furan rings is 1. The van der Waals surface area contributed by atoms with Gasteiger partial charge in [0.1, 0.15) is 5.69 Å². The maximum atomic E-state index is 6.03. The first kappa shape index (κ1) is 12.5. The Morgan fingerprint density at radius 1 is 1.05 bits per heavy atom. The highest BCUT2D eigenvalue weighted by Gasteiger charge is 2.18. The largest absolute Gasteiger partial charge is 0.462 e. The topological polar surface area (TPSA) is 67.8 Å². The molecule has 0 atom stereocenters. The lowest BCUT2D eigenvalue weighted by atomic mass is 9.99. The van der Waals surface area contributed by atoms with Crippen LogP contribution in [-0.4, -0.2) is 10.2 Å². The van der Waals surface area contributed by atoms with Gasteiger partial charge in [0.15, 0.2) is 11.6 Å². The van der Waals surface area contributed by atoms with E-state index in [-0.39, 0.29) is 0 Å². The molecule has 0 saturated carbocycles. The van der Waals surface area contributed by atoms with Crippen LogP contribution in [0, 0.1) is 20.8 Å². The summed E-state index contributed by atoms with van der Waals surface area (Å²) < 4.78 is 5.55. The fraction of sp³-hybridized carbons (Fsp3) is 0.188. The zero-order chi connectivity index (χ0) is 14.3. The first-order valence-corrected chi connectivity index (χ1v) is 6.54. The Labute approximate surface area is 117 Å². The highest BCUT2D eigenvalue weighted by molar-refractivity contribution is 5.87. The molecular formula is C16H17N3O. The van der Waals surface area contributed by atoms with Gasteiger partial charge in [0.05, 0.1) is 11.8 Å². The third-order valence-corrected chi connectivity index (χ3v) is 3.68. The van der Waals surface area contributed by atoms with E-state index in [9.17, 15) is 0 Å². The van der Waals surface area contributed by atoms with Crippen molar-refractivity contribution in [3.63, 3.8) is 0 Å². The molecule has 0 aliphatic rings. The summed E-state index contributed by atoms with van der Waals surface area (Å²) in [6.07, 6.45) is 1.67. The van der Waals surface area contributed by atoms with Gasteiger partial charge in [-0.2, -0.15) is 5.10 Å². The van der Waals surface area contributed by atoms with Crippen molar-refractivity contribution in [3.8, 4) is 22.6 Å². The zero-order valence-corrected chi connectivity index (χ0v) is 11.8. The van der Waals surface area contributed by atoms with Crippen LogP contribution in [0.15, 0.2) is 34.9 Å². The van der Waals surface area contributed by atoms with E-state index >= 15 is 0 Å². The fourth-order valence-electron chi connectivity index (χ4n) is 2.34. The second-order valence-corrected chi connectivity index (χ2v) is 5.09. The molecule has 0 fully saturated rings. The summed E-state index contributed by atoms with van der Waals surface area (Å²) in [6.45, 7) is 6.18. The molecule has 4 nitrogen and oxygen atoms in total. The SMILES string of the molecule is Cc1ccc(-c2c(N)n[nH]c2-c2occc2C)cc1C. The molecule has 2 heterocycles. The number of benzene rings is 1. The number of anilines is 1. The number of rotatable bonds is 2. The number of nitrogens with one attached hydrogen (secondary N) is 1. The van der Waals surface area contributed by atoms with E-state index in [2.05, 4.69) is 42.2 Å². The van der Waals surface area contributed by atoms with Crippen molar-refractivity contribution in [3.05, 3.63) is 47.2 Å². The molecule has 0 amide bonds. The van der Waals surface area contributed by atoms with Crippen LogP contribution in [0.4, 0.5) is 5.82 Å². The summed E-state index contributed by atoms with van der Waals surface area (Å²) >= 11 is 0. The van der Waals surface area contributed by atoms with Gasteiger partial charge < -0.3 is 10.2 Å². The molecule has 3 N–H and O–H groups in total. The number of aromatic nitrogens is 2. The second kappa shape index (κ2) is 4.56. The molecule has 102 valence electrons. The van der Waals surface area contributed by atoms with Crippen LogP contribution in [0.25, 0.3) is 22.6 Å². The first-order valence-electron chi connectivity index (χ1n) is 6.54. The van der Waals surface area contributed by atoms with E-state index in [1.165, 1.54) is 11.1 Å². The van der Waals surface area contributed by atoms with Crippen LogP contribution in [0.5, 0.6) is 0 Å². The molecule has 0 saturated heterocycles. The lowest BCUT2D eigenvalue weighted by Gasteiger charge is -2.06. The van der Waals surface area contributed by atoms with Gasteiger partial charge in [-0.1, -0.05) is 18.2 Å². The van der Waals surface area contributed by atoms with Crippen molar-refractivity contribution in [1.29, 1.82) is 0 Å². The number of nitrogens with zero attached hydrogens (tertiary/aromatic N) is 1. The van der Waals surface area contributed by atoms with Crippen LogP contribution < -0.4 is 5.73 Å². The Bertz CT molecular complexity index is 768. The van der Waals surface area contributed by atoms with Gasteiger partial charge in [-0.25, -0.2) is 0 Å². The zero-order valence-electron chi connectivity index (χ0n) is 11.8. The number of nitrogens with two attached hydrogens (primary N) is 1. The molecule has 20 heavy (non-hydrogen) atoms. The molecule has 0 aliphatic carbocycles. The Morgan fingerprint density at radius 2 is 1.85 bits per heavy atom. The van der Waals surface area contributed by atoms with Crippen molar-refractivity contribution in [1.82, 2.24) is 10.2 Å². The molecular weight excluding hydrogens is 250 g/mol. The van der Waals surface area contributed by atoms with Crippen molar-refractivity contribution < 1.29 is 4.42 Å². The molecule has 2 aromatic heterocycles. The summed E-state index contributed by atoms with van der Waals surface area (Å²) in [6, 6.07) is 8.20. The molecule has 4 heteroatoms. The minimum absolute atomic E-state index is 0.485. The Hall–Kier alpha value is -2.49. The smallest absolute Gasteiger partial charge is 0.155 e. The number of H-pyrrole nitrogens is 1. The van der Waals surface area contributed by atoms with Crippen LogP contribution in [0.3, 0.4) is 0 Å². The van der Waals surface area contributed by atoms with Gasteiger partial charge in [0.25, 0.3) is 0 Å². The third kappa shape index (κ3) is 1.90. The van der Waals surface area contributed by atoms with E-state index in [1.54, 1.807) is 6.26 Å². The summed E-state index contributed by atoms with van der Waals surface area (Å²) in [7, 11) is 0. The van der Waals surface area contributed by atoms with Crippen LogP contribution in [0.2, 0.25) is 0 Å². The number of aryl methyl sites for hydroxylation is 3. The highest BCUT2D eigenvalue weighted by atomic mass is 16.3. The van der Waals surface area contributed by atoms with Crippen molar-refractivity contribution >= 4 is 5.82 Å². The number of nitrogen functional groups attached to an aromatic ring is 1. The minimum Gasteiger partial charge on any atom is -0.462 e. The van der Waals surface area contributed by atoms with Crippen LogP contribution >= 0.6 is 0 Å². The molecule has 1 aromatic carbocycles. The summed E-state index contributed by atoms with van der Waals surface area (Å²) in [4.78, 5) is 0. The number of aromatic amines is 1. The lowest BCUT2D eigenvalue weighted by Crippen LogP contribution is -1.90. The minimum atomic E-state index is 0.485. The molecule has 3 rings (SSSR count). The Kier molecular flexibility index (Phi) is 2.86. The fourth-order valence-corrected chi connectivity index (χ4v) is 2.34. The van der Waals surface area contributed by atoms with Gasteiger partial charge in [-0.15, -0.1) is 0 Å². The van der Waals surface area contributed by atoms with E-state index in [1.807, 2.05) is 13.0 Å². The van der Waals surface area contributed by atoms with Gasteiger partial charge in [0, 0.05) is 0 Å². The first-order chi connectivity index (χ1) is 9.58. The van der Waals surface area contributed by atoms with E-state index in [0.29, 0.717) is 5.82 Å². The van der Waals surface area contributed by atoms with E-state index in [4.69, 9.17) is 10.2 Å². The van der Waals surface area contributed by atoms with Crippen molar-refractivity contribution in [2.24, 2.45) is 0 Å². The summed E-state index contributed by atoms with van der Waals surface area (Å²) in [5.74, 6) is 1.27. The molecule has 0 unspecified atom stereocenters. The van der Waals surface area contributed by atoms with Gasteiger partial charge >= 0.3 is 0 Å². The standard InChI is InChI=1S/C16H17N3O/c1-9-4-5-12(8-11(9)3)13-14(18-19-16(13)17)15-10(2)6-7-20-15/h4-8H,1-3H3,(H3,17,18,19). The molecule has 0 aliphatic heterocycles. The highest BCUT2D eigenvalue weighted by Crippen LogP contribution is 2.36. The third-order valence-electron chi connectivity index (χ3n) is 3.68. The normalized spacial score (nSPS) is 10.9. The van der Waals surface area contributed by atoms with E-state index < -0.39 is 0 Å². The monoisotopic (exact) mass is 267 g/mol.